The lowest BCUT2D eigenvalue weighted by Crippen LogP contribution is -2.56. The van der Waals surface area contributed by atoms with E-state index in [1.807, 2.05) is 0 Å². The van der Waals surface area contributed by atoms with E-state index in [0.717, 1.165) is 24.0 Å². The summed E-state index contributed by atoms with van der Waals surface area (Å²) in [6.07, 6.45) is 5.40. The predicted octanol–water partition coefficient (Wildman–Crippen LogP) is 3.55. The SMILES string of the molecule is CC12CCC(C)(c3cc(O)c(O)cc31)C1C=C(O)C(O)=CC12. The van der Waals surface area contributed by atoms with Gasteiger partial charge in [-0.1, -0.05) is 13.8 Å². The predicted molar refractivity (Wildman–Crippen MR) is 82.1 cm³/mol. The van der Waals surface area contributed by atoms with Crippen LogP contribution in [0, 0.1) is 11.8 Å². The number of allylic oxidation sites excluding steroid dienone is 2. The topological polar surface area (TPSA) is 80.9 Å². The average molecular weight is 300 g/mol. The second-order valence-electron chi connectivity index (χ2n) is 7.38. The van der Waals surface area contributed by atoms with Crippen LogP contribution in [0.4, 0.5) is 0 Å². The summed E-state index contributed by atoms with van der Waals surface area (Å²) in [5.41, 5.74) is 1.62. The van der Waals surface area contributed by atoms with Gasteiger partial charge in [-0.3, -0.25) is 0 Å². The van der Waals surface area contributed by atoms with Crippen LogP contribution in [0.5, 0.6) is 11.5 Å². The molecule has 0 amide bonds. The number of aliphatic hydroxyl groups is 2. The van der Waals surface area contributed by atoms with Gasteiger partial charge in [0.05, 0.1) is 0 Å². The van der Waals surface area contributed by atoms with E-state index in [-0.39, 0.29) is 45.7 Å². The highest BCUT2D eigenvalue weighted by Crippen LogP contribution is 2.64. The van der Waals surface area contributed by atoms with Crippen molar-refractivity contribution in [3.8, 4) is 11.5 Å². The van der Waals surface area contributed by atoms with Crippen molar-refractivity contribution in [1.29, 1.82) is 0 Å². The normalized spacial score (nSPS) is 38.8. The molecule has 1 aromatic carbocycles. The van der Waals surface area contributed by atoms with E-state index in [2.05, 4.69) is 13.8 Å². The molecule has 4 aliphatic carbocycles. The lowest BCUT2D eigenvalue weighted by atomic mass is 9.43. The maximum atomic E-state index is 9.94. The number of phenols is 2. The molecule has 4 aliphatic rings. The third kappa shape index (κ3) is 1.38. The number of rotatable bonds is 0. The third-order valence-corrected chi connectivity index (χ3v) is 6.30. The summed E-state index contributed by atoms with van der Waals surface area (Å²) in [4.78, 5) is 0. The molecule has 0 saturated heterocycles. The highest BCUT2D eigenvalue weighted by Gasteiger charge is 2.59. The molecule has 0 spiro atoms. The molecule has 116 valence electrons. The summed E-state index contributed by atoms with van der Waals surface area (Å²) in [5.74, 6) is -0.200. The van der Waals surface area contributed by atoms with E-state index in [1.165, 1.54) is 0 Å². The molecule has 4 unspecified atom stereocenters. The molecule has 4 nitrogen and oxygen atoms in total. The number of aliphatic hydroxyl groups excluding tert-OH is 2. The Hall–Kier alpha value is -2.10. The highest BCUT2D eigenvalue weighted by atomic mass is 16.3. The molecule has 4 atom stereocenters. The lowest BCUT2D eigenvalue weighted by Gasteiger charge is -2.60. The monoisotopic (exact) mass is 300 g/mol. The van der Waals surface area contributed by atoms with Crippen molar-refractivity contribution in [1.82, 2.24) is 0 Å². The Morgan fingerprint density at radius 3 is 1.50 bits per heavy atom. The standard InChI is InChI=1S/C18H20O4/c1-17-3-4-18(2,11-7-15(21)13(19)5-9(11)17)12-8-16(22)14(20)6-10(12)17/h5-9,11,19-22H,3-4H2,1-2H3. The molecule has 1 aromatic rings. The zero-order chi connectivity index (χ0) is 15.9. The van der Waals surface area contributed by atoms with Gasteiger partial charge in [0.2, 0.25) is 0 Å². The maximum absolute atomic E-state index is 9.94. The van der Waals surface area contributed by atoms with Crippen molar-refractivity contribution in [3.63, 3.8) is 0 Å². The molecule has 1 saturated carbocycles. The van der Waals surface area contributed by atoms with Crippen LogP contribution in [0.2, 0.25) is 0 Å². The number of fused-ring (bicyclic) bond motifs is 1. The van der Waals surface area contributed by atoms with E-state index in [4.69, 9.17) is 0 Å². The van der Waals surface area contributed by atoms with Crippen molar-refractivity contribution in [2.45, 2.75) is 37.5 Å². The van der Waals surface area contributed by atoms with Crippen LogP contribution in [0.3, 0.4) is 0 Å². The van der Waals surface area contributed by atoms with Gasteiger partial charge in [-0.2, -0.15) is 0 Å². The van der Waals surface area contributed by atoms with Crippen LogP contribution in [-0.2, 0) is 10.8 Å². The van der Waals surface area contributed by atoms with Gasteiger partial charge in [-0.05, 0) is 70.9 Å². The number of phenolic OH excluding ortho intramolecular Hbond substituents is 2. The number of hydrogen-bond acceptors (Lipinski definition) is 4. The van der Waals surface area contributed by atoms with Gasteiger partial charge in [0.15, 0.2) is 23.0 Å². The van der Waals surface area contributed by atoms with Crippen LogP contribution in [0.15, 0.2) is 35.8 Å². The Balaban J connectivity index is 2.03. The van der Waals surface area contributed by atoms with Crippen LogP contribution in [-0.4, -0.2) is 20.4 Å². The smallest absolute Gasteiger partial charge is 0.157 e. The van der Waals surface area contributed by atoms with Gasteiger partial charge in [-0.15, -0.1) is 0 Å². The van der Waals surface area contributed by atoms with E-state index < -0.39 is 0 Å². The molecule has 2 bridgehead atoms. The highest BCUT2D eigenvalue weighted by molar-refractivity contribution is 5.57. The maximum Gasteiger partial charge on any atom is 0.157 e. The molecule has 4 N–H and O–H groups in total. The molecule has 0 heterocycles. The summed E-state index contributed by atoms with van der Waals surface area (Å²) in [6.45, 7) is 4.28. The van der Waals surface area contributed by atoms with Gasteiger partial charge in [0, 0.05) is 0 Å². The molecule has 0 aromatic heterocycles. The zero-order valence-electron chi connectivity index (χ0n) is 12.7. The van der Waals surface area contributed by atoms with Gasteiger partial charge in [0.1, 0.15) is 0 Å². The van der Waals surface area contributed by atoms with Crippen molar-refractivity contribution < 1.29 is 20.4 Å². The number of hydrogen-bond donors (Lipinski definition) is 4. The first-order chi connectivity index (χ1) is 10.3. The number of benzene rings is 1. The summed E-state index contributed by atoms with van der Waals surface area (Å²) >= 11 is 0. The Bertz CT molecular complexity index is 685. The molecule has 0 aliphatic heterocycles. The molecule has 4 heteroatoms. The van der Waals surface area contributed by atoms with Crippen molar-refractivity contribution in [2.24, 2.45) is 11.8 Å². The fourth-order valence-corrected chi connectivity index (χ4v) is 4.88. The van der Waals surface area contributed by atoms with Crippen LogP contribution in [0.1, 0.15) is 37.8 Å². The first-order valence-corrected chi connectivity index (χ1v) is 7.66. The summed E-state index contributed by atoms with van der Waals surface area (Å²) in [6, 6.07) is 3.34. The van der Waals surface area contributed by atoms with E-state index >= 15 is 0 Å². The van der Waals surface area contributed by atoms with E-state index in [9.17, 15) is 20.4 Å². The van der Waals surface area contributed by atoms with Gasteiger partial charge in [0.25, 0.3) is 0 Å². The lowest BCUT2D eigenvalue weighted by molar-refractivity contribution is 0.0739. The Labute approximate surface area is 129 Å². The van der Waals surface area contributed by atoms with Gasteiger partial charge in [-0.25, -0.2) is 0 Å². The van der Waals surface area contributed by atoms with E-state index in [1.54, 1.807) is 24.3 Å². The van der Waals surface area contributed by atoms with Crippen LogP contribution < -0.4 is 0 Å². The average Bonchev–Trinajstić information content (AvgIpc) is 2.46. The van der Waals surface area contributed by atoms with Crippen molar-refractivity contribution in [2.75, 3.05) is 0 Å². The third-order valence-electron chi connectivity index (χ3n) is 6.30. The summed E-state index contributed by atoms with van der Waals surface area (Å²) < 4.78 is 0. The van der Waals surface area contributed by atoms with Crippen molar-refractivity contribution in [3.05, 3.63) is 46.9 Å². The largest absolute Gasteiger partial charge is 0.504 e. The fraction of sp³-hybridized carbons (Fsp3) is 0.444. The second kappa shape index (κ2) is 3.80. The first-order valence-electron chi connectivity index (χ1n) is 7.66. The molecule has 0 radical (unpaired) electrons. The van der Waals surface area contributed by atoms with E-state index in [0.29, 0.717) is 0 Å². The molecule has 1 fully saturated rings. The number of aromatic hydroxyl groups is 2. The Kier molecular flexibility index (Phi) is 2.34. The minimum absolute atomic E-state index is 0.0665. The van der Waals surface area contributed by atoms with Crippen molar-refractivity contribution >= 4 is 0 Å². The summed E-state index contributed by atoms with van der Waals surface area (Å²) in [7, 11) is 0. The summed E-state index contributed by atoms with van der Waals surface area (Å²) in [5, 5.41) is 39.7. The minimum atomic E-state index is -0.228. The van der Waals surface area contributed by atoms with Gasteiger partial charge < -0.3 is 20.4 Å². The second-order valence-corrected chi connectivity index (χ2v) is 7.38. The van der Waals surface area contributed by atoms with Crippen LogP contribution >= 0.6 is 0 Å². The quantitative estimate of drug-likeness (QED) is 0.552. The molecular weight excluding hydrogens is 280 g/mol. The molecule has 5 rings (SSSR count). The zero-order valence-corrected chi connectivity index (χ0v) is 12.7. The Morgan fingerprint density at radius 2 is 1.14 bits per heavy atom. The fourth-order valence-electron chi connectivity index (χ4n) is 4.88. The first kappa shape index (κ1) is 13.6. The van der Waals surface area contributed by atoms with Gasteiger partial charge >= 0.3 is 0 Å². The minimum Gasteiger partial charge on any atom is -0.504 e. The Morgan fingerprint density at radius 1 is 0.773 bits per heavy atom. The van der Waals surface area contributed by atoms with Crippen LogP contribution in [0.25, 0.3) is 0 Å². The molecule has 22 heavy (non-hydrogen) atoms. The molecular formula is C18H20O4.